The molecular formula is C40H30O5S. The number of carbonyl (C=O) groups is 2. The summed E-state index contributed by atoms with van der Waals surface area (Å²) >= 11 is 1.63. The molecule has 6 aromatic carbocycles. The maximum atomic E-state index is 12.8. The normalized spacial score (nSPS) is 10.7. The Labute approximate surface area is 272 Å². The number of hydrogen-bond acceptors (Lipinski definition) is 6. The van der Waals surface area contributed by atoms with Crippen LogP contribution in [0.15, 0.2) is 155 Å². The van der Waals surface area contributed by atoms with Gasteiger partial charge < -0.3 is 14.2 Å². The Morgan fingerprint density at radius 2 is 0.696 bits per heavy atom. The molecule has 0 aliphatic heterocycles. The number of ether oxygens (including phenoxy) is 3. The summed E-state index contributed by atoms with van der Waals surface area (Å²) in [6.45, 7) is 2.00. The SMILES string of the molecule is COc1ccc(C(=O)c2ccc(Oc3ccc(Sc4ccc(Oc5ccc(C(=O)c6ccc(C)cc6)cc5)cc4)cc3)cc2)cc1. The van der Waals surface area contributed by atoms with Gasteiger partial charge in [0.1, 0.15) is 28.7 Å². The van der Waals surface area contributed by atoms with Crippen molar-refractivity contribution in [3.63, 3.8) is 0 Å². The summed E-state index contributed by atoms with van der Waals surface area (Å²) in [5.74, 6) is 3.36. The molecule has 0 amide bonds. The minimum Gasteiger partial charge on any atom is -0.497 e. The Kier molecular flexibility index (Phi) is 9.27. The fourth-order valence-corrected chi connectivity index (χ4v) is 5.51. The molecule has 226 valence electrons. The summed E-state index contributed by atoms with van der Waals surface area (Å²) in [4.78, 5) is 27.7. The molecule has 0 N–H and O–H groups in total. The zero-order valence-electron chi connectivity index (χ0n) is 25.3. The molecule has 6 rings (SSSR count). The van der Waals surface area contributed by atoms with Crippen molar-refractivity contribution in [2.75, 3.05) is 7.11 Å². The highest BCUT2D eigenvalue weighted by atomic mass is 32.2. The summed E-state index contributed by atoms with van der Waals surface area (Å²) < 4.78 is 17.2. The Hall–Kier alpha value is -5.59. The minimum absolute atomic E-state index is 0.0134. The zero-order valence-corrected chi connectivity index (χ0v) is 26.1. The second-order valence-corrected chi connectivity index (χ2v) is 11.7. The monoisotopic (exact) mass is 622 g/mol. The number of benzene rings is 6. The predicted octanol–water partition coefficient (Wildman–Crippen LogP) is 10.2. The van der Waals surface area contributed by atoms with E-state index in [1.165, 1.54) is 0 Å². The lowest BCUT2D eigenvalue weighted by Crippen LogP contribution is -2.01. The van der Waals surface area contributed by atoms with E-state index in [1.54, 1.807) is 79.5 Å². The first-order chi connectivity index (χ1) is 22.4. The lowest BCUT2D eigenvalue weighted by Gasteiger charge is -2.09. The van der Waals surface area contributed by atoms with Crippen LogP contribution in [0.1, 0.15) is 37.4 Å². The predicted molar refractivity (Wildman–Crippen MR) is 181 cm³/mol. The molecule has 6 aromatic rings. The Bertz CT molecular complexity index is 1930. The molecule has 0 aliphatic carbocycles. The second kappa shape index (κ2) is 14.0. The third-order valence-electron chi connectivity index (χ3n) is 7.25. The van der Waals surface area contributed by atoms with E-state index >= 15 is 0 Å². The zero-order chi connectivity index (χ0) is 31.9. The van der Waals surface area contributed by atoms with Crippen LogP contribution < -0.4 is 14.2 Å². The van der Waals surface area contributed by atoms with Crippen LogP contribution in [0.5, 0.6) is 28.7 Å². The molecule has 0 saturated heterocycles. The van der Waals surface area contributed by atoms with Gasteiger partial charge in [0.25, 0.3) is 0 Å². The van der Waals surface area contributed by atoms with E-state index < -0.39 is 0 Å². The lowest BCUT2D eigenvalue weighted by atomic mass is 10.0. The molecule has 0 unspecified atom stereocenters. The lowest BCUT2D eigenvalue weighted by molar-refractivity contribution is 0.103. The van der Waals surface area contributed by atoms with Crippen molar-refractivity contribution in [3.05, 3.63) is 173 Å². The van der Waals surface area contributed by atoms with Crippen LogP contribution in [0.4, 0.5) is 0 Å². The molecule has 0 atom stereocenters. The quantitative estimate of drug-likeness (QED) is 0.134. The largest absolute Gasteiger partial charge is 0.497 e. The molecule has 0 fully saturated rings. The summed E-state index contributed by atoms with van der Waals surface area (Å²) in [7, 11) is 1.60. The van der Waals surface area contributed by atoms with Crippen LogP contribution in [0.25, 0.3) is 0 Å². The first kappa shape index (κ1) is 30.4. The van der Waals surface area contributed by atoms with Gasteiger partial charge in [-0.1, -0.05) is 41.6 Å². The standard InChI is InChI=1S/C40H30O5S/c1-27-3-5-28(6-4-27)39(41)30-9-15-33(16-10-30)44-35-19-23-37(24-20-35)46-38-25-21-36(22-26-38)45-34-17-11-31(12-18-34)40(42)29-7-13-32(43-2)14-8-29/h3-26H,1-2H3. The maximum absolute atomic E-state index is 12.8. The van der Waals surface area contributed by atoms with E-state index in [1.807, 2.05) is 91.9 Å². The fraction of sp³-hybridized carbons (Fsp3) is 0.0500. The molecule has 0 spiro atoms. The summed E-state index contributed by atoms with van der Waals surface area (Å²) in [5, 5.41) is 0. The van der Waals surface area contributed by atoms with Crippen molar-refractivity contribution in [2.45, 2.75) is 16.7 Å². The third kappa shape index (κ3) is 7.54. The van der Waals surface area contributed by atoms with Crippen molar-refractivity contribution in [1.29, 1.82) is 0 Å². The molecule has 0 aromatic heterocycles. The van der Waals surface area contributed by atoms with Crippen molar-refractivity contribution < 1.29 is 23.8 Å². The fourth-order valence-electron chi connectivity index (χ4n) is 4.69. The van der Waals surface area contributed by atoms with E-state index in [2.05, 4.69) is 0 Å². The molecule has 0 heterocycles. The number of rotatable bonds is 11. The van der Waals surface area contributed by atoms with E-state index in [9.17, 15) is 9.59 Å². The van der Waals surface area contributed by atoms with Crippen molar-refractivity contribution >= 4 is 23.3 Å². The highest BCUT2D eigenvalue weighted by Crippen LogP contribution is 2.32. The van der Waals surface area contributed by atoms with Gasteiger partial charge in [-0.05, 0) is 128 Å². The van der Waals surface area contributed by atoms with Gasteiger partial charge in [0.05, 0.1) is 7.11 Å². The van der Waals surface area contributed by atoms with Crippen LogP contribution >= 0.6 is 11.8 Å². The second-order valence-electron chi connectivity index (χ2n) is 10.6. The van der Waals surface area contributed by atoms with Gasteiger partial charge in [0, 0.05) is 32.0 Å². The number of carbonyl (C=O) groups excluding carboxylic acids is 2. The van der Waals surface area contributed by atoms with Gasteiger partial charge in [0.2, 0.25) is 0 Å². The molecule has 46 heavy (non-hydrogen) atoms. The van der Waals surface area contributed by atoms with Crippen LogP contribution in [0.3, 0.4) is 0 Å². The van der Waals surface area contributed by atoms with E-state index in [4.69, 9.17) is 14.2 Å². The molecule has 0 radical (unpaired) electrons. The third-order valence-corrected chi connectivity index (χ3v) is 8.27. The summed E-state index contributed by atoms with van der Waals surface area (Å²) in [5.41, 5.74) is 3.59. The molecule has 0 bridgehead atoms. The van der Waals surface area contributed by atoms with Gasteiger partial charge in [0.15, 0.2) is 11.6 Å². The highest BCUT2D eigenvalue weighted by Gasteiger charge is 2.11. The van der Waals surface area contributed by atoms with Crippen LogP contribution in [0, 0.1) is 6.92 Å². The maximum Gasteiger partial charge on any atom is 0.193 e. The number of aryl methyl sites for hydroxylation is 1. The van der Waals surface area contributed by atoms with Gasteiger partial charge in [-0.25, -0.2) is 0 Å². The Morgan fingerprint density at radius 3 is 1.02 bits per heavy atom. The average molecular weight is 623 g/mol. The number of ketones is 2. The average Bonchev–Trinajstić information content (AvgIpc) is 3.10. The molecule has 0 saturated carbocycles. The molecule has 5 nitrogen and oxygen atoms in total. The van der Waals surface area contributed by atoms with E-state index in [-0.39, 0.29) is 11.6 Å². The van der Waals surface area contributed by atoms with Gasteiger partial charge >= 0.3 is 0 Å². The van der Waals surface area contributed by atoms with Crippen molar-refractivity contribution in [3.8, 4) is 28.7 Å². The van der Waals surface area contributed by atoms with Crippen LogP contribution in [-0.4, -0.2) is 18.7 Å². The molecular weight excluding hydrogens is 593 g/mol. The Balaban J connectivity index is 1.01. The molecule has 0 aliphatic rings. The highest BCUT2D eigenvalue weighted by molar-refractivity contribution is 7.99. The van der Waals surface area contributed by atoms with E-state index in [0.717, 1.165) is 15.4 Å². The van der Waals surface area contributed by atoms with Crippen molar-refractivity contribution in [1.82, 2.24) is 0 Å². The van der Waals surface area contributed by atoms with Gasteiger partial charge in [-0.3, -0.25) is 9.59 Å². The smallest absolute Gasteiger partial charge is 0.193 e. The van der Waals surface area contributed by atoms with Gasteiger partial charge in [-0.15, -0.1) is 0 Å². The minimum atomic E-state index is -0.0592. The first-order valence-electron chi connectivity index (χ1n) is 14.7. The topological polar surface area (TPSA) is 61.8 Å². The first-order valence-corrected chi connectivity index (χ1v) is 15.5. The summed E-state index contributed by atoms with van der Waals surface area (Å²) in [6, 6.07) is 44.7. The van der Waals surface area contributed by atoms with Crippen LogP contribution in [0.2, 0.25) is 0 Å². The summed E-state index contributed by atoms with van der Waals surface area (Å²) in [6.07, 6.45) is 0. The van der Waals surface area contributed by atoms with Gasteiger partial charge in [-0.2, -0.15) is 0 Å². The van der Waals surface area contributed by atoms with Crippen LogP contribution in [-0.2, 0) is 0 Å². The molecule has 6 heteroatoms. The number of methoxy groups -OCH3 is 1. The van der Waals surface area contributed by atoms with E-state index in [0.29, 0.717) is 51.0 Å². The Morgan fingerprint density at radius 1 is 0.413 bits per heavy atom. The van der Waals surface area contributed by atoms with Crippen molar-refractivity contribution in [2.24, 2.45) is 0 Å². The number of hydrogen-bond donors (Lipinski definition) is 0.